The van der Waals surface area contributed by atoms with Gasteiger partial charge in [0.05, 0.1) is 6.04 Å². The van der Waals surface area contributed by atoms with Crippen LogP contribution in [0, 0.1) is 0 Å². The maximum atomic E-state index is 10.0. The number of para-hydroxylation sites is 1. The SMILES string of the molecule is Oc1ccc2c(c1)C=CN(c1ccccc1)[C@@H]2c1ccc(N2CCN3CCCC[C@H]3C2)cc1. The Bertz CT molecular complexity index is 1140. The molecule has 3 aliphatic heterocycles. The molecule has 0 unspecified atom stereocenters. The molecule has 3 heterocycles. The quantitative estimate of drug-likeness (QED) is 0.574. The Morgan fingerprint density at radius 2 is 1.64 bits per heavy atom. The highest BCUT2D eigenvalue weighted by molar-refractivity contribution is 5.69. The van der Waals surface area contributed by atoms with Gasteiger partial charge in [-0.2, -0.15) is 0 Å². The molecule has 0 aromatic heterocycles. The van der Waals surface area contributed by atoms with Crippen molar-refractivity contribution in [2.45, 2.75) is 31.3 Å². The van der Waals surface area contributed by atoms with E-state index in [4.69, 9.17) is 0 Å². The van der Waals surface area contributed by atoms with Crippen LogP contribution in [0.2, 0.25) is 0 Å². The van der Waals surface area contributed by atoms with Gasteiger partial charge in [0.25, 0.3) is 0 Å². The molecule has 2 saturated heterocycles. The summed E-state index contributed by atoms with van der Waals surface area (Å²) in [5, 5.41) is 10.0. The van der Waals surface area contributed by atoms with Crippen molar-refractivity contribution in [1.82, 2.24) is 4.90 Å². The lowest BCUT2D eigenvalue weighted by atomic mass is 9.90. The van der Waals surface area contributed by atoms with Gasteiger partial charge in [0.2, 0.25) is 0 Å². The Kier molecular flexibility index (Phi) is 5.31. The number of hydrogen-bond acceptors (Lipinski definition) is 4. The lowest BCUT2D eigenvalue weighted by molar-refractivity contribution is 0.133. The second-order valence-electron chi connectivity index (χ2n) is 9.50. The van der Waals surface area contributed by atoms with Crippen LogP contribution in [0.1, 0.15) is 42.0 Å². The summed E-state index contributed by atoms with van der Waals surface area (Å²) in [7, 11) is 0. The number of nitrogens with zero attached hydrogens (tertiary/aromatic N) is 3. The molecule has 0 aliphatic carbocycles. The molecule has 0 amide bonds. The van der Waals surface area contributed by atoms with Crippen LogP contribution in [-0.4, -0.2) is 42.2 Å². The molecular formula is C29H31N3O. The van der Waals surface area contributed by atoms with Crippen LogP contribution in [0.4, 0.5) is 11.4 Å². The molecule has 0 spiro atoms. The van der Waals surface area contributed by atoms with Crippen molar-refractivity contribution in [2.24, 2.45) is 0 Å². The lowest BCUT2D eigenvalue weighted by Gasteiger charge is -2.45. The summed E-state index contributed by atoms with van der Waals surface area (Å²) in [6.45, 7) is 4.71. The third-order valence-electron chi connectivity index (χ3n) is 7.52. The number of fused-ring (bicyclic) bond motifs is 2. The zero-order valence-corrected chi connectivity index (χ0v) is 19.0. The monoisotopic (exact) mass is 437 g/mol. The first-order valence-corrected chi connectivity index (χ1v) is 12.2. The van der Waals surface area contributed by atoms with E-state index in [-0.39, 0.29) is 6.04 Å². The van der Waals surface area contributed by atoms with Gasteiger partial charge < -0.3 is 14.9 Å². The van der Waals surface area contributed by atoms with Gasteiger partial charge in [-0.15, -0.1) is 0 Å². The normalized spacial score (nSPS) is 22.7. The Balaban J connectivity index is 1.32. The standard InChI is InChI=1S/C29H31N3O/c33-27-13-14-28-23(20-27)15-17-32(25-6-2-1-3-7-25)29(28)22-9-11-24(12-10-22)31-19-18-30-16-5-4-8-26(30)21-31/h1-3,6-7,9-15,17,20,26,29,33H,4-5,8,16,18-19,21H2/t26-,29+/m0/s1. The molecule has 2 fully saturated rings. The first-order chi connectivity index (χ1) is 16.3. The lowest BCUT2D eigenvalue weighted by Crippen LogP contribution is -2.54. The number of piperazine rings is 1. The highest BCUT2D eigenvalue weighted by atomic mass is 16.3. The van der Waals surface area contributed by atoms with E-state index in [2.05, 4.69) is 87.6 Å². The second kappa shape index (κ2) is 8.60. The van der Waals surface area contributed by atoms with Crippen LogP contribution in [0.5, 0.6) is 5.75 Å². The maximum absolute atomic E-state index is 10.0. The minimum absolute atomic E-state index is 0.0669. The summed E-state index contributed by atoms with van der Waals surface area (Å²) >= 11 is 0. The van der Waals surface area contributed by atoms with Crippen LogP contribution in [0.25, 0.3) is 6.08 Å². The Labute approximate surface area is 196 Å². The van der Waals surface area contributed by atoms with Crippen molar-refractivity contribution in [3.63, 3.8) is 0 Å². The topological polar surface area (TPSA) is 30.0 Å². The fourth-order valence-electron chi connectivity index (χ4n) is 5.79. The van der Waals surface area contributed by atoms with E-state index in [1.165, 1.54) is 49.2 Å². The average Bonchev–Trinajstić information content (AvgIpc) is 2.88. The van der Waals surface area contributed by atoms with Gasteiger partial charge in [0, 0.05) is 43.3 Å². The molecule has 33 heavy (non-hydrogen) atoms. The van der Waals surface area contributed by atoms with Gasteiger partial charge in [-0.25, -0.2) is 0 Å². The van der Waals surface area contributed by atoms with Gasteiger partial charge in [0.15, 0.2) is 0 Å². The zero-order valence-electron chi connectivity index (χ0n) is 19.0. The zero-order chi connectivity index (χ0) is 22.2. The van der Waals surface area contributed by atoms with E-state index < -0.39 is 0 Å². The van der Waals surface area contributed by atoms with Crippen molar-refractivity contribution in [1.29, 1.82) is 0 Å². The third kappa shape index (κ3) is 3.89. The average molecular weight is 438 g/mol. The minimum atomic E-state index is 0.0669. The number of anilines is 2. The molecule has 4 nitrogen and oxygen atoms in total. The highest BCUT2D eigenvalue weighted by Crippen LogP contribution is 2.40. The van der Waals surface area contributed by atoms with Crippen molar-refractivity contribution in [2.75, 3.05) is 36.0 Å². The first-order valence-electron chi connectivity index (χ1n) is 12.2. The number of benzene rings is 3. The summed E-state index contributed by atoms with van der Waals surface area (Å²) in [5.74, 6) is 0.308. The largest absolute Gasteiger partial charge is 0.508 e. The number of aromatic hydroxyl groups is 1. The predicted octanol–water partition coefficient (Wildman–Crippen LogP) is 5.65. The molecular weight excluding hydrogens is 406 g/mol. The summed E-state index contributed by atoms with van der Waals surface area (Å²) < 4.78 is 0. The molecule has 4 heteroatoms. The van der Waals surface area contributed by atoms with Gasteiger partial charge in [0.1, 0.15) is 5.75 Å². The smallest absolute Gasteiger partial charge is 0.116 e. The number of rotatable bonds is 3. The van der Waals surface area contributed by atoms with Gasteiger partial charge in [-0.05, 0) is 78.6 Å². The van der Waals surface area contributed by atoms with E-state index in [1.807, 2.05) is 6.07 Å². The minimum Gasteiger partial charge on any atom is -0.508 e. The van der Waals surface area contributed by atoms with Crippen LogP contribution in [0.15, 0.2) is 79.0 Å². The van der Waals surface area contributed by atoms with Crippen molar-refractivity contribution in [3.8, 4) is 5.75 Å². The summed E-state index contributed by atoms with van der Waals surface area (Å²) in [6.07, 6.45) is 8.29. The molecule has 3 aromatic rings. The molecule has 1 N–H and O–H groups in total. The summed E-state index contributed by atoms with van der Waals surface area (Å²) in [5.41, 5.74) is 6.03. The van der Waals surface area contributed by atoms with Crippen LogP contribution in [-0.2, 0) is 0 Å². The first kappa shape index (κ1) is 20.4. The van der Waals surface area contributed by atoms with E-state index in [0.29, 0.717) is 11.8 Å². The van der Waals surface area contributed by atoms with Crippen molar-refractivity contribution in [3.05, 3.63) is 95.7 Å². The Morgan fingerprint density at radius 1 is 0.788 bits per heavy atom. The third-order valence-corrected chi connectivity index (χ3v) is 7.52. The Hall–Kier alpha value is -3.24. The van der Waals surface area contributed by atoms with Crippen molar-refractivity contribution >= 4 is 17.5 Å². The molecule has 168 valence electrons. The fraction of sp³-hybridized carbons (Fsp3) is 0.310. The number of hydrogen-bond donors (Lipinski definition) is 1. The molecule has 0 saturated carbocycles. The van der Waals surface area contributed by atoms with E-state index >= 15 is 0 Å². The number of piperidine rings is 1. The van der Waals surface area contributed by atoms with Crippen molar-refractivity contribution < 1.29 is 5.11 Å². The van der Waals surface area contributed by atoms with Crippen LogP contribution >= 0.6 is 0 Å². The molecule has 2 atom stereocenters. The van der Waals surface area contributed by atoms with E-state index in [0.717, 1.165) is 24.3 Å². The fourth-order valence-corrected chi connectivity index (χ4v) is 5.79. The summed E-state index contributed by atoms with van der Waals surface area (Å²) in [4.78, 5) is 7.58. The van der Waals surface area contributed by atoms with Gasteiger partial charge in [-0.3, -0.25) is 4.90 Å². The predicted molar refractivity (Wildman–Crippen MR) is 136 cm³/mol. The Morgan fingerprint density at radius 3 is 2.48 bits per heavy atom. The van der Waals surface area contributed by atoms with Crippen LogP contribution in [0.3, 0.4) is 0 Å². The number of phenolic OH excluding ortho intramolecular Hbond substituents is 1. The summed E-state index contributed by atoms with van der Waals surface area (Å²) in [6, 6.07) is 26.2. The molecule has 0 radical (unpaired) electrons. The maximum Gasteiger partial charge on any atom is 0.116 e. The second-order valence-corrected chi connectivity index (χ2v) is 9.50. The van der Waals surface area contributed by atoms with Crippen LogP contribution < -0.4 is 9.80 Å². The molecule has 0 bridgehead atoms. The highest BCUT2D eigenvalue weighted by Gasteiger charge is 2.30. The molecule has 3 aliphatic rings. The van der Waals surface area contributed by atoms with E-state index in [9.17, 15) is 5.11 Å². The molecule has 3 aromatic carbocycles. The van der Waals surface area contributed by atoms with Gasteiger partial charge >= 0.3 is 0 Å². The number of phenols is 1. The van der Waals surface area contributed by atoms with E-state index in [1.54, 1.807) is 6.07 Å². The van der Waals surface area contributed by atoms with Gasteiger partial charge in [-0.1, -0.05) is 42.8 Å². The molecule has 6 rings (SSSR count).